The summed E-state index contributed by atoms with van der Waals surface area (Å²) in [6.45, 7) is 1.22. The zero-order chi connectivity index (χ0) is 24.4. The van der Waals surface area contributed by atoms with Gasteiger partial charge in [-0.15, -0.1) is 0 Å². The lowest BCUT2D eigenvalue weighted by Crippen LogP contribution is -2.29. The van der Waals surface area contributed by atoms with Gasteiger partial charge in [-0.1, -0.05) is 29.8 Å². The standard InChI is InChI=1S/C25H19ClN2O6/c1-14-5-3-4-6-20(14)28-23(30)17-9-7-15(11-18(17)24(28)31)25(32)34-13-22(29)27-19-12-16(26)8-10-21(19)33-2/h3-12H,13H2,1-2H3,(H,27,29). The minimum atomic E-state index is -0.814. The van der Waals surface area contributed by atoms with Gasteiger partial charge in [0.15, 0.2) is 6.61 Å². The smallest absolute Gasteiger partial charge is 0.338 e. The second kappa shape index (κ2) is 9.36. The van der Waals surface area contributed by atoms with E-state index in [-0.39, 0.29) is 16.7 Å². The second-order valence-corrected chi connectivity index (χ2v) is 7.90. The number of nitrogens with one attached hydrogen (secondary N) is 1. The molecule has 34 heavy (non-hydrogen) atoms. The van der Waals surface area contributed by atoms with Crippen molar-refractivity contribution in [3.05, 3.63) is 87.9 Å². The SMILES string of the molecule is COc1ccc(Cl)cc1NC(=O)COC(=O)c1ccc2c(c1)C(=O)N(c1ccccc1C)C2=O. The zero-order valence-corrected chi connectivity index (χ0v) is 19.0. The van der Waals surface area contributed by atoms with E-state index in [9.17, 15) is 19.2 Å². The van der Waals surface area contributed by atoms with E-state index in [0.717, 1.165) is 10.5 Å². The number of hydrogen-bond donors (Lipinski definition) is 1. The molecule has 1 aliphatic heterocycles. The summed E-state index contributed by atoms with van der Waals surface area (Å²) >= 11 is 5.94. The van der Waals surface area contributed by atoms with Crippen LogP contribution in [0.5, 0.6) is 5.75 Å². The molecule has 8 nitrogen and oxygen atoms in total. The third-order valence-electron chi connectivity index (χ3n) is 5.25. The van der Waals surface area contributed by atoms with E-state index >= 15 is 0 Å². The van der Waals surface area contributed by atoms with E-state index in [0.29, 0.717) is 22.1 Å². The Morgan fingerprint density at radius 3 is 2.44 bits per heavy atom. The summed E-state index contributed by atoms with van der Waals surface area (Å²) in [6.07, 6.45) is 0. The number of amides is 3. The number of rotatable bonds is 6. The van der Waals surface area contributed by atoms with Crippen molar-refractivity contribution in [1.82, 2.24) is 0 Å². The number of esters is 1. The van der Waals surface area contributed by atoms with Crippen LogP contribution in [0.15, 0.2) is 60.7 Å². The van der Waals surface area contributed by atoms with Crippen molar-refractivity contribution >= 4 is 46.7 Å². The molecule has 0 atom stereocenters. The molecule has 0 saturated heterocycles. The molecule has 0 fully saturated rings. The number of benzene rings is 3. The number of anilines is 2. The van der Waals surface area contributed by atoms with Crippen LogP contribution >= 0.6 is 11.6 Å². The molecule has 172 valence electrons. The Balaban J connectivity index is 1.46. The fraction of sp³-hybridized carbons (Fsp3) is 0.120. The van der Waals surface area contributed by atoms with Crippen molar-refractivity contribution in [3.63, 3.8) is 0 Å². The van der Waals surface area contributed by atoms with Crippen molar-refractivity contribution in [2.24, 2.45) is 0 Å². The van der Waals surface area contributed by atoms with Crippen molar-refractivity contribution in [3.8, 4) is 5.75 Å². The summed E-state index contributed by atoms with van der Waals surface area (Å²) < 4.78 is 10.2. The van der Waals surface area contributed by atoms with Crippen molar-refractivity contribution in [1.29, 1.82) is 0 Å². The largest absolute Gasteiger partial charge is 0.495 e. The molecule has 9 heteroatoms. The van der Waals surface area contributed by atoms with E-state index in [1.165, 1.54) is 31.4 Å². The van der Waals surface area contributed by atoms with Crippen LogP contribution in [-0.4, -0.2) is 37.4 Å². The van der Waals surface area contributed by atoms with Gasteiger partial charge in [0.2, 0.25) is 0 Å². The number of carbonyl (C=O) groups is 4. The van der Waals surface area contributed by atoms with Crippen LogP contribution < -0.4 is 15.0 Å². The Morgan fingerprint density at radius 1 is 0.971 bits per heavy atom. The number of hydrogen-bond acceptors (Lipinski definition) is 6. The molecule has 0 spiro atoms. The van der Waals surface area contributed by atoms with Crippen LogP contribution in [0.1, 0.15) is 36.6 Å². The van der Waals surface area contributed by atoms with Crippen LogP contribution in [0.4, 0.5) is 11.4 Å². The fourth-order valence-electron chi connectivity index (χ4n) is 3.58. The summed E-state index contributed by atoms with van der Waals surface area (Å²) in [7, 11) is 1.44. The van der Waals surface area contributed by atoms with Gasteiger partial charge in [-0.05, 0) is 55.0 Å². The Morgan fingerprint density at radius 2 is 1.71 bits per heavy atom. The summed E-state index contributed by atoms with van der Waals surface area (Å²) in [5.41, 5.74) is 1.89. The van der Waals surface area contributed by atoms with Crippen LogP contribution in [0, 0.1) is 6.92 Å². The number of aryl methyl sites for hydroxylation is 1. The first-order chi connectivity index (χ1) is 16.3. The molecule has 0 saturated carbocycles. The number of nitrogens with zero attached hydrogens (tertiary/aromatic N) is 1. The molecule has 0 aromatic heterocycles. The highest BCUT2D eigenvalue weighted by Gasteiger charge is 2.37. The van der Waals surface area contributed by atoms with Gasteiger partial charge in [0.05, 0.1) is 35.2 Å². The molecule has 0 unspecified atom stereocenters. The van der Waals surface area contributed by atoms with Gasteiger partial charge in [-0.2, -0.15) is 0 Å². The minimum Gasteiger partial charge on any atom is -0.495 e. The lowest BCUT2D eigenvalue weighted by atomic mass is 10.1. The van der Waals surface area contributed by atoms with Gasteiger partial charge >= 0.3 is 5.97 Å². The number of halogens is 1. The summed E-state index contributed by atoms with van der Waals surface area (Å²) in [5.74, 6) is -2.03. The predicted molar refractivity (Wildman–Crippen MR) is 126 cm³/mol. The van der Waals surface area contributed by atoms with Crippen molar-refractivity contribution in [2.75, 3.05) is 23.9 Å². The third-order valence-corrected chi connectivity index (χ3v) is 5.48. The fourth-order valence-corrected chi connectivity index (χ4v) is 3.75. The first-order valence-electron chi connectivity index (χ1n) is 10.2. The van der Waals surface area contributed by atoms with Gasteiger partial charge < -0.3 is 14.8 Å². The van der Waals surface area contributed by atoms with Gasteiger partial charge in [-0.3, -0.25) is 14.4 Å². The molecule has 0 radical (unpaired) electrons. The summed E-state index contributed by atoms with van der Waals surface area (Å²) in [4.78, 5) is 51.6. The predicted octanol–water partition coefficient (Wildman–Crippen LogP) is 4.25. The maximum atomic E-state index is 13.0. The molecule has 3 amide bonds. The first kappa shape index (κ1) is 23.0. The van der Waals surface area contributed by atoms with Gasteiger partial charge in [0.25, 0.3) is 17.7 Å². The van der Waals surface area contributed by atoms with Crippen molar-refractivity contribution in [2.45, 2.75) is 6.92 Å². The lowest BCUT2D eigenvalue weighted by molar-refractivity contribution is -0.119. The Bertz CT molecular complexity index is 1340. The molecular weight excluding hydrogens is 460 g/mol. The average Bonchev–Trinajstić information content (AvgIpc) is 3.07. The monoisotopic (exact) mass is 478 g/mol. The number of imide groups is 1. The van der Waals surface area contributed by atoms with Gasteiger partial charge in [-0.25, -0.2) is 9.69 Å². The molecule has 4 rings (SSSR count). The van der Waals surface area contributed by atoms with Gasteiger partial charge in [0, 0.05) is 5.02 Å². The molecule has 1 N–H and O–H groups in total. The van der Waals surface area contributed by atoms with Gasteiger partial charge in [0.1, 0.15) is 5.75 Å². The van der Waals surface area contributed by atoms with Crippen LogP contribution in [0.2, 0.25) is 5.02 Å². The van der Waals surface area contributed by atoms with Crippen LogP contribution in [0.3, 0.4) is 0 Å². The normalized spacial score (nSPS) is 12.4. The Hall–Kier alpha value is -4.17. The third kappa shape index (κ3) is 4.35. The number of ether oxygens (including phenoxy) is 2. The van der Waals surface area contributed by atoms with E-state index in [1.54, 1.807) is 37.3 Å². The molecule has 0 aliphatic carbocycles. The van der Waals surface area contributed by atoms with E-state index in [1.807, 2.05) is 6.07 Å². The molecule has 3 aromatic rings. The number of fused-ring (bicyclic) bond motifs is 1. The lowest BCUT2D eigenvalue weighted by Gasteiger charge is -2.16. The number of carbonyl (C=O) groups excluding carboxylic acids is 4. The van der Waals surface area contributed by atoms with E-state index in [4.69, 9.17) is 21.1 Å². The highest BCUT2D eigenvalue weighted by molar-refractivity contribution is 6.35. The first-order valence-corrected chi connectivity index (χ1v) is 10.6. The van der Waals surface area contributed by atoms with E-state index < -0.39 is 30.3 Å². The molecular formula is C25H19ClN2O6. The molecule has 1 aliphatic rings. The molecule has 0 bridgehead atoms. The summed E-state index contributed by atoms with van der Waals surface area (Å²) in [5, 5.41) is 2.96. The van der Waals surface area contributed by atoms with Crippen LogP contribution in [-0.2, 0) is 9.53 Å². The average molecular weight is 479 g/mol. The van der Waals surface area contributed by atoms with Crippen molar-refractivity contribution < 1.29 is 28.7 Å². The Labute approximate surface area is 200 Å². The Kier molecular flexibility index (Phi) is 6.34. The number of para-hydroxylation sites is 1. The number of methoxy groups -OCH3 is 1. The topological polar surface area (TPSA) is 102 Å². The molecule has 1 heterocycles. The van der Waals surface area contributed by atoms with E-state index in [2.05, 4.69) is 5.32 Å². The quantitative estimate of drug-likeness (QED) is 0.419. The highest BCUT2D eigenvalue weighted by Crippen LogP contribution is 2.31. The second-order valence-electron chi connectivity index (χ2n) is 7.46. The zero-order valence-electron chi connectivity index (χ0n) is 18.3. The van der Waals surface area contributed by atoms with Crippen LogP contribution in [0.25, 0.3) is 0 Å². The minimum absolute atomic E-state index is 0.0414. The molecule has 3 aromatic carbocycles. The maximum absolute atomic E-state index is 13.0. The summed E-state index contributed by atoms with van der Waals surface area (Å²) in [6, 6.07) is 15.8. The maximum Gasteiger partial charge on any atom is 0.338 e. The highest BCUT2D eigenvalue weighted by atomic mass is 35.5.